The van der Waals surface area contributed by atoms with Crippen LogP contribution in [0.1, 0.15) is 74.9 Å². The van der Waals surface area contributed by atoms with Crippen molar-refractivity contribution in [3.05, 3.63) is 335 Å². The Kier molecular flexibility index (Phi) is 10.4. The normalized spacial score (nSPS) is 16.4. The maximum absolute atomic E-state index is 2.56. The topological polar surface area (TPSA) is 3.24 Å². The summed E-state index contributed by atoms with van der Waals surface area (Å²) in [7, 11) is 0. The average Bonchev–Trinajstić information content (AvgIpc) is 3.97. The molecule has 0 aromatic heterocycles. The van der Waals surface area contributed by atoms with Crippen molar-refractivity contribution in [2.45, 2.75) is 30.1 Å². The minimum Gasteiger partial charge on any atom is -0.309 e. The lowest BCUT2D eigenvalue weighted by atomic mass is 9.67. The van der Waals surface area contributed by atoms with Gasteiger partial charge in [-0.15, -0.1) is 0 Å². The van der Waals surface area contributed by atoms with Gasteiger partial charge in [0.2, 0.25) is 0 Å². The fourth-order valence-electron chi connectivity index (χ4n) is 13.4. The van der Waals surface area contributed by atoms with Gasteiger partial charge in [-0.3, -0.25) is 0 Å². The summed E-state index contributed by atoms with van der Waals surface area (Å²) in [4.78, 5) is 2.56. The summed E-state index contributed by atoms with van der Waals surface area (Å²) in [5.41, 5.74) is 25.6. The quantitative estimate of drug-likeness (QED) is 0.139. The van der Waals surface area contributed by atoms with Crippen molar-refractivity contribution in [1.29, 1.82) is 0 Å². The number of benzene rings is 11. The average molecular weight is 944 g/mol. The van der Waals surface area contributed by atoms with E-state index in [0.29, 0.717) is 0 Å². The zero-order valence-electron chi connectivity index (χ0n) is 41.4. The Morgan fingerprint density at radius 2 is 0.865 bits per heavy atom. The van der Waals surface area contributed by atoms with Crippen molar-refractivity contribution in [3.8, 4) is 44.5 Å². The van der Waals surface area contributed by atoms with E-state index in [1.807, 2.05) is 0 Å². The molecular weight excluding hydrogens is 891 g/mol. The SMILES string of the molecule is CC1(c2ccccc2)c2ccccc2-c2c(N(c3ccc(-c4cccc5c4-c4ccccc4C5(c4ccccc4)c4ccccc4)cc3)c3ccccc3-c3cccc4c3C(c3ccccc3)CC=C4)cccc21. The first kappa shape index (κ1) is 43.7. The monoisotopic (exact) mass is 943 g/mol. The van der Waals surface area contributed by atoms with Crippen molar-refractivity contribution >= 4 is 23.1 Å². The van der Waals surface area contributed by atoms with Gasteiger partial charge in [-0.05, 0) is 127 Å². The van der Waals surface area contributed by atoms with Gasteiger partial charge in [-0.25, -0.2) is 0 Å². The Bertz CT molecular complexity index is 3890. The molecule has 0 heterocycles. The van der Waals surface area contributed by atoms with Crippen molar-refractivity contribution in [3.63, 3.8) is 0 Å². The van der Waals surface area contributed by atoms with Crippen molar-refractivity contribution < 1.29 is 0 Å². The number of para-hydroxylation sites is 1. The van der Waals surface area contributed by atoms with Crippen LogP contribution in [0.5, 0.6) is 0 Å². The molecule has 14 rings (SSSR count). The zero-order chi connectivity index (χ0) is 49.2. The smallest absolute Gasteiger partial charge is 0.0713 e. The van der Waals surface area contributed by atoms with Crippen molar-refractivity contribution in [1.82, 2.24) is 0 Å². The first-order valence-electron chi connectivity index (χ1n) is 26.1. The van der Waals surface area contributed by atoms with Gasteiger partial charge in [0.05, 0.1) is 16.8 Å². The van der Waals surface area contributed by atoms with E-state index in [-0.39, 0.29) is 11.3 Å². The molecule has 0 radical (unpaired) electrons. The first-order valence-corrected chi connectivity index (χ1v) is 26.1. The van der Waals surface area contributed by atoms with Crippen LogP contribution in [0.2, 0.25) is 0 Å². The molecular formula is C73H53N. The summed E-state index contributed by atoms with van der Waals surface area (Å²) in [5, 5.41) is 0. The van der Waals surface area contributed by atoms with Gasteiger partial charge in [-0.2, -0.15) is 0 Å². The minimum absolute atomic E-state index is 0.230. The van der Waals surface area contributed by atoms with Gasteiger partial charge in [0.1, 0.15) is 0 Å². The fourth-order valence-corrected chi connectivity index (χ4v) is 13.4. The van der Waals surface area contributed by atoms with Crippen molar-refractivity contribution in [2.75, 3.05) is 4.90 Å². The van der Waals surface area contributed by atoms with Crippen LogP contribution in [0.25, 0.3) is 50.6 Å². The third-order valence-electron chi connectivity index (χ3n) is 16.6. The Morgan fingerprint density at radius 1 is 0.365 bits per heavy atom. The summed E-state index contributed by atoms with van der Waals surface area (Å²) >= 11 is 0. The first-order chi connectivity index (χ1) is 36.6. The van der Waals surface area contributed by atoms with Crippen LogP contribution in [0.4, 0.5) is 17.1 Å². The number of rotatable bonds is 9. The maximum Gasteiger partial charge on any atom is 0.0713 e. The third-order valence-corrected chi connectivity index (χ3v) is 16.6. The second-order valence-electron chi connectivity index (χ2n) is 20.3. The third kappa shape index (κ3) is 6.56. The molecule has 2 unspecified atom stereocenters. The molecule has 0 saturated heterocycles. The summed E-state index contributed by atoms with van der Waals surface area (Å²) in [6.07, 6.45) is 5.63. The molecule has 0 saturated carbocycles. The van der Waals surface area contributed by atoms with Gasteiger partial charge in [0, 0.05) is 28.1 Å². The molecule has 1 heteroatoms. The molecule has 2 atom stereocenters. The number of hydrogen-bond donors (Lipinski definition) is 0. The highest BCUT2D eigenvalue weighted by atomic mass is 15.1. The second kappa shape index (κ2) is 17.6. The minimum atomic E-state index is -0.477. The van der Waals surface area contributed by atoms with E-state index in [9.17, 15) is 0 Å². The molecule has 0 spiro atoms. The van der Waals surface area contributed by atoms with Gasteiger partial charge >= 0.3 is 0 Å². The Labute approximate surface area is 435 Å². The van der Waals surface area contributed by atoms with Gasteiger partial charge in [0.15, 0.2) is 0 Å². The largest absolute Gasteiger partial charge is 0.309 e. The highest BCUT2D eigenvalue weighted by Gasteiger charge is 2.47. The van der Waals surface area contributed by atoms with Crippen molar-refractivity contribution in [2.24, 2.45) is 0 Å². The van der Waals surface area contributed by atoms with Crippen LogP contribution in [-0.2, 0) is 10.8 Å². The standard InChI is InChI=1S/C73H53N/c1-72(53-28-8-3-9-29-53)63-40-17-14-35-61(63)71-65(72)42-23-45-68(71)74(67-44-19-16-34-59(67)60-39-21-27-52-26-20-37-57(69(52)60)50-24-6-2-7-25-50)56-48-46-51(47-49-56)58-38-22-43-66-70(58)62-36-15-18-41-64(62)73(66,54-30-10-4-11-31-54)55-32-12-5-13-33-55/h2-36,38-49,57H,37H2,1H3. The highest BCUT2D eigenvalue weighted by molar-refractivity contribution is 6.00. The summed E-state index contributed by atoms with van der Waals surface area (Å²) < 4.78 is 0. The van der Waals surface area contributed by atoms with Gasteiger partial charge < -0.3 is 4.90 Å². The van der Waals surface area contributed by atoms with Crippen LogP contribution in [0.15, 0.2) is 279 Å². The zero-order valence-corrected chi connectivity index (χ0v) is 41.4. The number of allylic oxidation sites excluding steroid dienone is 1. The summed E-state index contributed by atoms with van der Waals surface area (Å²) in [6, 6.07) is 102. The number of hydrogen-bond acceptors (Lipinski definition) is 1. The van der Waals surface area contributed by atoms with E-state index in [2.05, 4.69) is 297 Å². The van der Waals surface area contributed by atoms with E-state index in [1.54, 1.807) is 0 Å². The van der Waals surface area contributed by atoms with E-state index in [4.69, 9.17) is 0 Å². The molecule has 1 nitrogen and oxygen atoms in total. The molecule has 11 aromatic carbocycles. The second-order valence-corrected chi connectivity index (χ2v) is 20.3. The predicted octanol–water partition coefficient (Wildman–Crippen LogP) is 18.7. The molecule has 3 aliphatic rings. The van der Waals surface area contributed by atoms with Crippen LogP contribution in [-0.4, -0.2) is 0 Å². The fraction of sp³-hybridized carbons (Fsp3) is 0.0685. The number of anilines is 3. The predicted molar refractivity (Wildman–Crippen MR) is 309 cm³/mol. The highest BCUT2D eigenvalue weighted by Crippen LogP contribution is 2.60. The molecule has 3 aliphatic carbocycles. The molecule has 11 aromatic rings. The van der Waals surface area contributed by atoms with Crippen LogP contribution >= 0.6 is 0 Å². The summed E-state index contributed by atoms with van der Waals surface area (Å²) in [6.45, 7) is 2.41. The number of fused-ring (bicyclic) bond motifs is 7. The maximum atomic E-state index is 2.56. The molecule has 0 bridgehead atoms. The Morgan fingerprint density at radius 3 is 1.57 bits per heavy atom. The lowest BCUT2D eigenvalue weighted by molar-refractivity contribution is 0.714. The van der Waals surface area contributed by atoms with Crippen LogP contribution < -0.4 is 4.90 Å². The van der Waals surface area contributed by atoms with Gasteiger partial charge in [0.25, 0.3) is 0 Å². The Hall–Kier alpha value is -9.04. The molecule has 0 aliphatic heterocycles. The molecule has 0 fully saturated rings. The number of nitrogens with zero attached hydrogens (tertiary/aromatic N) is 1. The van der Waals surface area contributed by atoms with Crippen LogP contribution in [0.3, 0.4) is 0 Å². The van der Waals surface area contributed by atoms with E-state index < -0.39 is 5.41 Å². The van der Waals surface area contributed by atoms with Crippen LogP contribution in [0, 0.1) is 0 Å². The van der Waals surface area contributed by atoms with E-state index >= 15 is 0 Å². The van der Waals surface area contributed by atoms with E-state index in [1.165, 1.54) is 100 Å². The van der Waals surface area contributed by atoms with E-state index in [0.717, 1.165) is 23.5 Å². The lowest BCUT2D eigenvalue weighted by Gasteiger charge is -2.34. The molecule has 74 heavy (non-hydrogen) atoms. The lowest BCUT2D eigenvalue weighted by Crippen LogP contribution is -2.28. The summed E-state index contributed by atoms with van der Waals surface area (Å²) in [5.74, 6) is 0.230. The molecule has 350 valence electrons. The molecule has 0 amide bonds. The molecule has 0 N–H and O–H groups in total. The Balaban J connectivity index is 0.989. The van der Waals surface area contributed by atoms with Gasteiger partial charge in [-0.1, -0.05) is 261 Å².